The highest BCUT2D eigenvalue weighted by molar-refractivity contribution is 5.85. The zero-order chi connectivity index (χ0) is 23.4. The molecule has 0 atom stereocenters. The summed E-state index contributed by atoms with van der Waals surface area (Å²) in [6.07, 6.45) is 0.829. The number of hydrogen-bond donors (Lipinski definition) is 1. The molecule has 0 saturated carbocycles. The van der Waals surface area contributed by atoms with Crippen molar-refractivity contribution in [3.63, 3.8) is 0 Å². The molecule has 0 unspecified atom stereocenters. The molecule has 8 heteroatoms. The smallest absolute Gasteiger partial charge is 0.328 e. The number of ether oxygens (including phenoxy) is 2. The number of aryl methyl sites for hydroxylation is 2. The first-order chi connectivity index (χ1) is 16.0. The fourth-order valence-electron chi connectivity index (χ4n) is 3.86. The molecule has 4 aromatic rings. The summed E-state index contributed by atoms with van der Waals surface area (Å²) in [4.78, 5) is 12.1. The normalized spacial score (nSPS) is 10.8. The Labute approximate surface area is 204 Å². The van der Waals surface area contributed by atoms with Gasteiger partial charge in [-0.05, 0) is 66.1 Å². The molecule has 180 valence electrons. The largest absolute Gasteiger partial charge is 0.493 e. The monoisotopic (exact) mass is 485 g/mol. The molecule has 1 N–H and O–H groups in total. The summed E-state index contributed by atoms with van der Waals surface area (Å²) >= 11 is 0. The molecule has 0 radical (unpaired) electrons. The van der Waals surface area contributed by atoms with Crippen LogP contribution in [0, 0.1) is 5.82 Å². The van der Waals surface area contributed by atoms with Crippen LogP contribution in [-0.2, 0) is 33.7 Å². The number of nitrogens with zero attached hydrogens (tertiary/aromatic N) is 2. The van der Waals surface area contributed by atoms with Gasteiger partial charge in [-0.15, -0.1) is 12.4 Å². The van der Waals surface area contributed by atoms with Crippen LogP contribution in [0.4, 0.5) is 4.39 Å². The Kier molecular flexibility index (Phi) is 8.36. The van der Waals surface area contributed by atoms with Crippen molar-refractivity contribution in [2.45, 2.75) is 19.6 Å². The molecule has 0 bridgehead atoms. The summed E-state index contributed by atoms with van der Waals surface area (Å²) in [5.74, 6) is 1.11. The summed E-state index contributed by atoms with van der Waals surface area (Å²) in [5.41, 5.74) is 4.86. The fourth-order valence-corrected chi connectivity index (χ4v) is 3.86. The molecule has 0 aliphatic rings. The van der Waals surface area contributed by atoms with Gasteiger partial charge in [-0.1, -0.05) is 24.3 Å². The Balaban J connectivity index is 0.00000324. The number of imidazole rings is 1. The maximum atomic E-state index is 13.0. The van der Waals surface area contributed by atoms with E-state index in [1.165, 1.54) is 12.1 Å². The van der Waals surface area contributed by atoms with Crippen molar-refractivity contribution >= 4 is 23.4 Å². The Hall–Kier alpha value is -3.29. The predicted octanol–water partition coefficient (Wildman–Crippen LogP) is 4.36. The van der Waals surface area contributed by atoms with Gasteiger partial charge in [-0.25, -0.2) is 9.18 Å². The number of aromatic nitrogens is 2. The van der Waals surface area contributed by atoms with Gasteiger partial charge in [0.1, 0.15) is 12.4 Å². The Morgan fingerprint density at radius 3 is 2.26 bits per heavy atom. The van der Waals surface area contributed by atoms with Gasteiger partial charge >= 0.3 is 5.69 Å². The van der Waals surface area contributed by atoms with E-state index >= 15 is 0 Å². The van der Waals surface area contributed by atoms with Crippen molar-refractivity contribution in [3.05, 3.63) is 93.7 Å². The van der Waals surface area contributed by atoms with Crippen molar-refractivity contribution in [2.75, 3.05) is 13.7 Å². The fraction of sp³-hybridized carbons (Fsp3) is 0.269. The van der Waals surface area contributed by atoms with Crippen LogP contribution in [-0.4, -0.2) is 22.8 Å². The molecule has 0 fully saturated rings. The van der Waals surface area contributed by atoms with Crippen molar-refractivity contribution in [1.29, 1.82) is 0 Å². The van der Waals surface area contributed by atoms with Crippen LogP contribution in [0.2, 0.25) is 0 Å². The highest BCUT2D eigenvalue weighted by Crippen LogP contribution is 2.29. The number of hydrogen-bond acceptors (Lipinski definition) is 4. The van der Waals surface area contributed by atoms with E-state index in [1.807, 2.05) is 36.4 Å². The lowest BCUT2D eigenvalue weighted by molar-refractivity contribution is 0.284. The van der Waals surface area contributed by atoms with Crippen molar-refractivity contribution in [1.82, 2.24) is 14.5 Å². The van der Waals surface area contributed by atoms with E-state index in [-0.39, 0.29) is 23.9 Å². The summed E-state index contributed by atoms with van der Waals surface area (Å²) in [5, 5.41) is 3.40. The van der Waals surface area contributed by atoms with Crippen molar-refractivity contribution in [2.24, 2.45) is 14.1 Å². The van der Waals surface area contributed by atoms with Crippen molar-refractivity contribution in [3.8, 4) is 11.5 Å². The molecule has 4 rings (SSSR count). The number of halogens is 2. The molecule has 0 spiro atoms. The summed E-state index contributed by atoms with van der Waals surface area (Å²) in [6, 6.07) is 18.3. The van der Waals surface area contributed by atoms with Gasteiger partial charge in [0.25, 0.3) is 0 Å². The van der Waals surface area contributed by atoms with Gasteiger partial charge in [-0.2, -0.15) is 0 Å². The van der Waals surface area contributed by atoms with Crippen LogP contribution < -0.4 is 20.5 Å². The maximum absolute atomic E-state index is 13.0. The molecular weight excluding hydrogens is 457 g/mol. The molecule has 3 aromatic carbocycles. The van der Waals surface area contributed by atoms with E-state index in [0.29, 0.717) is 24.7 Å². The Morgan fingerprint density at radius 2 is 1.53 bits per heavy atom. The minimum absolute atomic E-state index is 0. The second kappa shape index (κ2) is 11.2. The lowest BCUT2D eigenvalue weighted by atomic mass is 10.1. The van der Waals surface area contributed by atoms with Gasteiger partial charge in [0.05, 0.1) is 18.1 Å². The lowest BCUT2D eigenvalue weighted by Crippen LogP contribution is -2.19. The molecule has 1 heterocycles. The standard InChI is InChI=1S/C26H28FN3O3.ClH/c1-29-22-10-6-20(14-23(22)30(2)26(29)31)17-33-24-11-7-19(15-25(24)32-3)16-28-13-12-18-4-8-21(27)9-5-18;/h4-11,14-15,28H,12-13,16-17H2,1-3H3;1H. The van der Waals surface area contributed by atoms with Crippen LogP contribution in [0.15, 0.2) is 65.5 Å². The van der Waals surface area contributed by atoms with Gasteiger partial charge in [0.2, 0.25) is 0 Å². The highest BCUT2D eigenvalue weighted by atomic mass is 35.5. The number of fused-ring (bicyclic) bond motifs is 1. The number of methoxy groups -OCH3 is 1. The minimum atomic E-state index is -0.215. The molecular formula is C26H29ClFN3O3. The van der Waals surface area contributed by atoms with Crippen LogP contribution in [0.1, 0.15) is 16.7 Å². The number of nitrogens with one attached hydrogen (secondary N) is 1. The topological polar surface area (TPSA) is 57.4 Å². The summed E-state index contributed by atoms with van der Waals surface area (Å²) in [6.45, 7) is 1.85. The zero-order valence-corrected chi connectivity index (χ0v) is 20.3. The Bertz CT molecular complexity index is 1320. The maximum Gasteiger partial charge on any atom is 0.328 e. The molecule has 0 amide bonds. The third kappa shape index (κ3) is 5.61. The molecule has 0 aliphatic heterocycles. The third-order valence-electron chi connectivity index (χ3n) is 5.79. The van der Waals surface area contributed by atoms with Gasteiger partial charge in [0.15, 0.2) is 11.5 Å². The minimum Gasteiger partial charge on any atom is -0.493 e. The van der Waals surface area contributed by atoms with Crippen LogP contribution in [0.3, 0.4) is 0 Å². The molecule has 1 aromatic heterocycles. The zero-order valence-electron chi connectivity index (χ0n) is 19.5. The second-order valence-corrected chi connectivity index (χ2v) is 8.05. The Morgan fingerprint density at radius 1 is 0.853 bits per heavy atom. The van der Waals surface area contributed by atoms with E-state index in [2.05, 4.69) is 5.32 Å². The third-order valence-corrected chi connectivity index (χ3v) is 5.79. The predicted molar refractivity (Wildman–Crippen MR) is 135 cm³/mol. The summed E-state index contributed by atoms with van der Waals surface area (Å²) in [7, 11) is 5.16. The van der Waals surface area contributed by atoms with Gasteiger partial charge in [-0.3, -0.25) is 9.13 Å². The quantitative estimate of drug-likeness (QED) is 0.358. The van der Waals surface area contributed by atoms with E-state index in [1.54, 1.807) is 42.5 Å². The SMILES string of the molecule is COc1cc(CNCCc2ccc(F)cc2)ccc1OCc1ccc2c(c1)n(C)c(=O)n2C.Cl. The first-order valence-corrected chi connectivity index (χ1v) is 10.9. The van der Waals surface area contributed by atoms with E-state index < -0.39 is 0 Å². The molecule has 34 heavy (non-hydrogen) atoms. The lowest BCUT2D eigenvalue weighted by Gasteiger charge is -2.13. The molecule has 6 nitrogen and oxygen atoms in total. The van der Waals surface area contributed by atoms with E-state index in [4.69, 9.17) is 9.47 Å². The average molecular weight is 486 g/mol. The molecule has 0 aliphatic carbocycles. The van der Waals surface area contributed by atoms with E-state index in [0.717, 1.165) is 40.7 Å². The van der Waals surface area contributed by atoms with Crippen molar-refractivity contribution < 1.29 is 13.9 Å². The van der Waals surface area contributed by atoms with Crippen LogP contribution in [0.5, 0.6) is 11.5 Å². The number of rotatable bonds is 9. The molecule has 0 saturated heterocycles. The van der Waals surface area contributed by atoms with E-state index in [9.17, 15) is 9.18 Å². The first kappa shape index (κ1) is 25.3. The second-order valence-electron chi connectivity index (χ2n) is 8.05. The van der Waals surface area contributed by atoms with Crippen LogP contribution in [0.25, 0.3) is 11.0 Å². The van der Waals surface area contributed by atoms with Crippen LogP contribution >= 0.6 is 12.4 Å². The number of benzene rings is 3. The average Bonchev–Trinajstić information content (AvgIpc) is 3.05. The first-order valence-electron chi connectivity index (χ1n) is 10.9. The highest BCUT2D eigenvalue weighted by Gasteiger charge is 2.10. The van der Waals surface area contributed by atoms with Gasteiger partial charge < -0.3 is 14.8 Å². The summed E-state index contributed by atoms with van der Waals surface area (Å²) < 4.78 is 27.8. The van der Waals surface area contributed by atoms with Gasteiger partial charge in [0, 0.05) is 20.6 Å².